The van der Waals surface area contributed by atoms with Gasteiger partial charge in [0.25, 0.3) is 11.8 Å². The third kappa shape index (κ3) is 3.51. The summed E-state index contributed by atoms with van der Waals surface area (Å²) in [7, 11) is 0. The normalized spacial score (nSPS) is 18.7. The van der Waals surface area contributed by atoms with Crippen molar-refractivity contribution in [3.05, 3.63) is 64.7 Å². The highest BCUT2D eigenvalue weighted by Gasteiger charge is 2.34. The molecular formula is C22H23N3O3. The Bertz CT molecular complexity index is 944. The van der Waals surface area contributed by atoms with Gasteiger partial charge < -0.3 is 9.64 Å². The number of hydrazine groups is 1. The first kappa shape index (κ1) is 18.3. The highest BCUT2D eigenvalue weighted by atomic mass is 16.5. The lowest BCUT2D eigenvalue weighted by atomic mass is 10.1. The SMILES string of the molecule is Cc1ccc(N2NC(=O)/C(=C/c3ccc(N4CCOCC4)cc3)C2=O)cc1C. The van der Waals surface area contributed by atoms with Crippen LogP contribution in [0.4, 0.5) is 11.4 Å². The lowest BCUT2D eigenvalue weighted by Crippen LogP contribution is -2.36. The van der Waals surface area contributed by atoms with Crippen molar-refractivity contribution in [2.45, 2.75) is 13.8 Å². The Morgan fingerprint density at radius 1 is 0.929 bits per heavy atom. The van der Waals surface area contributed by atoms with Gasteiger partial charge in [0.15, 0.2) is 0 Å². The summed E-state index contributed by atoms with van der Waals surface area (Å²) in [6, 6.07) is 13.5. The van der Waals surface area contributed by atoms with Crippen molar-refractivity contribution >= 4 is 29.3 Å². The molecule has 0 saturated carbocycles. The van der Waals surface area contributed by atoms with Gasteiger partial charge in [0.05, 0.1) is 18.9 Å². The van der Waals surface area contributed by atoms with E-state index in [2.05, 4.69) is 10.3 Å². The number of morpholine rings is 1. The number of carbonyl (C=O) groups excluding carboxylic acids is 2. The fraction of sp³-hybridized carbons (Fsp3) is 0.273. The van der Waals surface area contributed by atoms with E-state index < -0.39 is 0 Å². The molecule has 144 valence electrons. The Balaban J connectivity index is 1.54. The second kappa shape index (κ2) is 7.48. The Morgan fingerprint density at radius 2 is 1.61 bits per heavy atom. The first-order valence-corrected chi connectivity index (χ1v) is 9.40. The molecule has 2 aromatic rings. The number of anilines is 2. The molecule has 0 radical (unpaired) electrons. The molecule has 2 heterocycles. The quantitative estimate of drug-likeness (QED) is 0.660. The molecule has 0 atom stereocenters. The predicted octanol–water partition coefficient (Wildman–Crippen LogP) is 2.60. The Kier molecular flexibility index (Phi) is 4.88. The molecule has 28 heavy (non-hydrogen) atoms. The van der Waals surface area contributed by atoms with E-state index in [1.54, 1.807) is 6.08 Å². The number of hydrogen-bond donors (Lipinski definition) is 1. The first-order valence-electron chi connectivity index (χ1n) is 9.40. The molecule has 0 aliphatic carbocycles. The van der Waals surface area contributed by atoms with Crippen LogP contribution in [-0.4, -0.2) is 38.1 Å². The standard InChI is InChI=1S/C22H23N3O3/c1-15-3-6-19(13-16(15)2)25-22(27)20(21(26)23-25)14-17-4-7-18(8-5-17)24-9-11-28-12-10-24/h3-8,13-14H,9-12H2,1-2H3,(H,23,26)/b20-14-. The number of carbonyl (C=O) groups is 2. The van der Waals surface area contributed by atoms with Gasteiger partial charge in [-0.2, -0.15) is 0 Å². The number of amides is 2. The van der Waals surface area contributed by atoms with Crippen LogP contribution in [0.25, 0.3) is 6.08 Å². The molecule has 2 aliphatic rings. The van der Waals surface area contributed by atoms with E-state index in [0.29, 0.717) is 5.69 Å². The zero-order chi connectivity index (χ0) is 19.7. The summed E-state index contributed by atoms with van der Waals surface area (Å²) in [5, 5.41) is 1.31. The van der Waals surface area contributed by atoms with Crippen molar-refractivity contribution in [3.63, 3.8) is 0 Å². The molecule has 6 heteroatoms. The van der Waals surface area contributed by atoms with E-state index in [-0.39, 0.29) is 17.4 Å². The highest BCUT2D eigenvalue weighted by Crippen LogP contribution is 2.24. The average Bonchev–Trinajstić information content (AvgIpc) is 2.99. The average molecular weight is 377 g/mol. The molecule has 2 aromatic carbocycles. The van der Waals surface area contributed by atoms with E-state index in [0.717, 1.165) is 48.7 Å². The van der Waals surface area contributed by atoms with Crippen molar-refractivity contribution < 1.29 is 14.3 Å². The molecule has 0 bridgehead atoms. The fourth-order valence-electron chi connectivity index (χ4n) is 3.37. The minimum atomic E-state index is -0.388. The zero-order valence-corrected chi connectivity index (χ0v) is 16.1. The summed E-state index contributed by atoms with van der Waals surface area (Å²) >= 11 is 0. The topological polar surface area (TPSA) is 61.9 Å². The molecule has 6 nitrogen and oxygen atoms in total. The van der Waals surface area contributed by atoms with Crippen LogP contribution >= 0.6 is 0 Å². The van der Waals surface area contributed by atoms with Gasteiger partial charge >= 0.3 is 0 Å². The van der Waals surface area contributed by atoms with Crippen LogP contribution in [0.15, 0.2) is 48.0 Å². The summed E-state index contributed by atoms with van der Waals surface area (Å²) in [6.07, 6.45) is 1.64. The number of nitrogens with zero attached hydrogens (tertiary/aromatic N) is 2. The third-order valence-corrected chi connectivity index (χ3v) is 5.22. The first-order chi connectivity index (χ1) is 13.5. The second-order valence-electron chi connectivity index (χ2n) is 7.10. The third-order valence-electron chi connectivity index (χ3n) is 5.22. The van der Waals surface area contributed by atoms with Crippen molar-refractivity contribution in [1.82, 2.24) is 5.43 Å². The van der Waals surface area contributed by atoms with Gasteiger partial charge in [-0.1, -0.05) is 18.2 Å². The zero-order valence-electron chi connectivity index (χ0n) is 16.1. The number of benzene rings is 2. The van der Waals surface area contributed by atoms with Crippen LogP contribution in [0.1, 0.15) is 16.7 Å². The molecule has 4 rings (SSSR count). The van der Waals surface area contributed by atoms with E-state index in [1.807, 2.05) is 56.3 Å². The Morgan fingerprint density at radius 3 is 2.29 bits per heavy atom. The maximum absolute atomic E-state index is 12.8. The van der Waals surface area contributed by atoms with Crippen molar-refractivity contribution in [1.29, 1.82) is 0 Å². The minimum absolute atomic E-state index is 0.136. The van der Waals surface area contributed by atoms with E-state index >= 15 is 0 Å². The summed E-state index contributed by atoms with van der Waals surface area (Å²) < 4.78 is 5.38. The number of hydrogen-bond acceptors (Lipinski definition) is 4. The molecule has 0 spiro atoms. The molecule has 2 amide bonds. The smallest absolute Gasteiger partial charge is 0.282 e. The van der Waals surface area contributed by atoms with Gasteiger partial charge in [-0.3, -0.25) is 15.0 Å². The monoisotopic (exact) mass is 377 g/mol. The molecule has 2 fully saturated rings. The van der Waals surface area contributed by atoms with Crippen LogP contribution < -0.4 is 15.3 Å². The molecule has 2 saturated heterocycles. The highest BCUT2D eigenvalue weighted by molar-refractivity contribution is 6.31. The lowest BCUT2D eigenvalue weighted by molar-refractivity contribution is -0.117. The van der Waals surface area contributed by atoms with Gasteiger partial charge in [0.1, 0.15) is 5.57 Å². The van der Waals surface area contributed by atoms with E-state index in [9.17, 15) is 9.59 Å². The van der Waals surface area contributed by atoms with Crippen LogP contribution in [0, 0.1) is 13.8 Å². The number of ether oxygens (including phenoxy) is 1. The maximum atomic E-state index is 12.8. The summed E-state index contributed by atoms with van der Waals surface area (Å²) in [5.41, 5.74) is 7.59. The van der Waals surface area contributed by atoms with Gasteiger partial charge in [-0.05, 0) is 60.9 Å². The fourth-order valence-corrected chi connectivity index (χ4v) is 3.37. The molecule has 0 aromatic heterocycles. The van der Waals surface area contributed by atoms with Crippen LogP contribution in [0.3, 0.4) is 0 Å². The van der Waals surface area contributed by atoms with Gasteiger partial charge in [0.2, 0.25) is 0 Å². The number of aryl methyl sites for hydroxylation is 2. The van der Waals surface area contributed by atoms with E-state index in [4.69, 9.17) is 4.74 Å². The van der Waals surface area contributed by atoms with Crippen LogP contribution in [-0.2, 0) is 14.3 Å². The predicted molar refractivity (Wildman–Crippen MR) is 109 cm³/mol. The van der Waals surface area contributed by atoms with Crippen molar-refractivity contribution in [2.75, 3.05) is 36.2 Å². The minimum Gasteiger partial charge on any atom is -0.378 e. The van der Waals surface area contributed by atoms with Crippen molar-refractivity contribution in [2.24, 2.45) is 0 Å². The Hall–Kier alpha value is -3.12. The van der Waals surface area contributed by atoms with Gasteiger partial charge in [-0.15, -0.1) is 0 Å². The molecule has 2 aliphatic heterocycles. The number of rotatable bonds is 3. The van der Waals surface area contributed by atoms with Gasteiger partial charge in [0, 0.05) is 18.8 Å². The maximum Gasteiger partial charge on any atom is 0.282 e. The van der Waals surface area contributed by atoms with E-state index in [1.165, 1.54) is 5.01 Å². The molecular weight excluding hydrogens is 354 g/mol. The Labute approximate surface area is 164 Å². The summed E-state index contributed by atoms with van der Waals surface area (Å²) in [5.74, 6) is -0.731. The largest absolute Gasteiger partial charge is 0.378 e. The van der Waals surface area contributed by atoms with Crippen LogP contribution in [0.2, 0.25) is 0 Å². The molecule has 1 N–H and O–H groups in total. The van der Waals surface area contributed by atoms with Gasteiger partial charge in [-0.25, -0.2) is 5.01 Å². The summed E-state index contributed by atoms with van der Waals surface area (Å²) in [4.78, 5) is 27.4. The van der Waals surface area contributed by atoms with Crippen molar-refractivity contribution in [3.8, 4) is 0 Å². The molecule has 0 unspecified atom stereocenters. The lowest BCUT2D eigenvalue weighted by Gasteiger charge is -2.28. The second-order valence-corrected chi connectivity index (χ2v) is 7.10. The number of nitrogens with one attached hydrogen (secondary N) is 1. The summed E-state index contributed by atoms with van der Waals surface area (Å²) in [6.45, 7) is 7.19. The van der Waals surface area contributed by atoms with Crippen LogP contribution in [0.5, 0.6) is 0 Å².